The molecule has 2 aliphatic rings. The quantitative estimate of drug-likeness (QED) is 0.374. The molecule has 1 amide bonds. The molecule has 2 atom stereocenters. The summed E-state index contributed by atoms with van der Waals surface area (Å²) in [6, 6.07) is 10.1. The molecule has 1 heterocycles. The Kier molecular flexibility index (Phi) is 16.6. The van der Waals surface area contributed by atoms with E-state index in [9.17, 15) is 9.18 Å². The zero-order valence-electron chi connectivity index (χ0n) is 25.1. The molecule has 2 unspecified atom stereocenters. The van der Waals surface area contributed by atoms with E-state index in [4.69, 9.17) is 14.7 Å². The van der Waals surface area contributed by atoms with Crippen LogP contribution in [0.3, 0.4) is 0 Å². The molecule has 0 aromatic heterocycles. The first-order valence-corrected chi connectivity index (χ1v) is 14.1. The van der Waals surface area contributed by atoms with Gasteiger partial charge < -0.3 is 14.4 Å². The second-order valence-corrected chi connectivity index (χ2v) is 10.6. The summed E-state index contributed by atoms with van der Waals surface area (Å²) >= 11 is 0. The fourth-order valence-corrected chi connectivity index (χ4v) is 4.58. The molecular weight excluding hydrogens is 467 g/mol. The minimum absolute atomic E-state index is 0.0417. The van der Waals surface area contributed by atoms with E-state index in [1.807, 2.05) is 60.6 Å². The van der Waals surface area contributed by atoms with Crippen LogP contribution in [0.2, 0.25) is 0 Å². The van der Waals surface area contributed by atoms with Gasteiger partial charge in [-0.05, 0) is 77.3 Å². The lowest BCUT2D eigenvalue weighted by Crippen LogP contribution is -2.43. The third-order valence-corrected chi connectivity index (χ3v) is 6.76. The minimum Gasteiger partial charge on any atom is -0.379 e. The highest BCUT2D eigenvalue weighted by Gasteiger charge is 2.47. The smallest absolute Gasteiger partial charge is 0.212 e. The number of halogens is 1. The van der Waals surface area contributed by atoms with Crippen molar-refractivity contribution in [3.63, 3.8) is 0 Å². The number of methoxy groups -OCH3 is 1. The predicted octanol–water partition coefficient (Wildman–Crippen LogP) is 8.35. The fraction of sp³-hybridized carbons (Fsp3) is 0.742. The average Bonchev–Trinajstić information content (AvgIpc) is 3.16. The molecule has 1 aliphatic heterocycles. The average molecular weight is 521 g/mol. The number of rotatable bonds is 4. The minimum atomic E-state index is -0.807. The van der Waals surface area contributed by atoms with Crippen molar-refractivity contribution in [1.82, 2.24) is 4.90 Å². The molecule has 1 aliphatic carbocycles. The van der Waals surface area contributed by atoms with Gasteiger partial charge in [-0.25, -0.2) is 4.39 Å². The number of carbonyl (C=O) groups is 1. The van der Waals surface area contributed by atoms with Crippen molar-refractivity contribution < 1.29 is 18.7 Å². The summed E-state index contributed by atoms with van der Waals surface area (Å²) in [4.78, 5) is 12.8. The van der Waals surface area contributed by atoms with Gasteiger partial charge in [0.1, 0.15) is 18.5 Å². The molecule has 5 nitrogen and oxygen atoms in total. The fourth-order valence-electron chi connectivity index (χ4n) is 4.58. The van der Waals surface area contributed by atoms with Crippen LogP contribution in [-0.2, 0) is 14.3 Å². The van der Waals surface area contributed by atoms with Gasteiger partial charge in [0, 0.05) is 13.0 Å². The van der Waals surface area contributed by atoms with Crippen LogP contribution in [0.25, 0.3) is 0 Å². The number of nitriles is 1. The summed E-state index contributed by atoms with van der Waals surface area (Å²) in [5.41, 5.74) is 1.45. The van der Waals surface area contributed by atoms with E-state index in [-0.39, 0.29) is 11.5 Å². The monoisotopic (exact) mass is 520 g/mol. The molecule has 37 heavy (non-hydrogen) atoms. The molecule has 2 fully saturated rings. The number of carbonyl (C=O) groups excluding carboxylic acids is 1. The number of amides is 1. The Morgan fingerprint density at radius 2 is 1.51 bits per heavy atom. The summed E-state index contributed by atoms with van der Waals surface area (Å²) in [7, 11) is 1.71. The van der Waals surface area contributed by atoms with E-state index in [0.29, 0.717) is 12.3 Å². The molecule has 1 saturated heterocycles. The van der Waals surface area contributed by atoms with Crippen molar-refractivity contribution in [3.8, 4) is 6.07 Å². The Bertz CT molecular complexity index is 773. The molecule has 0 bridgehead atoms. The van der Waals surface area contributed by atoms with Crippen LogP contribution in [0.5, 0.6) is 0 Å². The number of hydrogen-bond donors (Lipinski definition) is 0. The lowest BCUT2D eigenvalue weighted by atomic mass is 9.82. The molecule has 0 radical (unpaired) electrons. The summed E-state index contributed by atoms with van der Waals surface area (Å²) in [6.45, 7) is 17.0. The third-order valence-electron chi connectivity index (χ3n) is 6.76. The topological polar surface area (TPSA) is 62.6 Å². The van der Waals surface area contributed by atoms with E-state index in [0.717, 1.165) is 44.1 Å². The standard InChI is InChI=1S/C22H29FN2O2.C5H12O.2C2H6/c1-22(2)25(15-26)20(13-23)21(27-22)19-11-9-18(10-12-19)17-7-3-5-16(14-24)6-4-8-17;1-5(2,3)6-4;2*1-2/h9-12,15-17,20-21H,3-8,13H2,1-2H3;1-4H3;2*1-2H3. The first-order valence-electron chi connectivity index (χ1n) is 14.1. The lowest BCUT2D eigenvalue weighted by Gasteiger charge is -2.28. The van der Waals surface area contributed by atoms with Crippen LogP contribution in [-0.4, -0.2) is 42.5 Å². The number of benzene rings is 1. The van der Waals surface area contributed by atoms with Gasteiger partial charge >= 0.3 is 0 Å². The summed E-state index contributed by atoms with van der Waals surface area (Å²) < 4.78 is 24.6. The number of nitrogens with zero attached hydrogens (tertiary/aromatic N) is 2. The van der Waals surface area contributed by atoms with Crippen LogP contribution in [0.4, 0.5) is 4.39 Å². The van der Waals surface area contributed by atoms with E-state index < -0.39 is 24.5 Å². The normalized spacial score (nSPS) is 24.9. The van der Waals surface area contributed by atoms with Crippen molar-refractivity contribution >= 4 is 6.41 Å². The van der Waals surface area contributed by atoms with Crippen LogP contribution >= 0.6 is 0 Å². The molecule has 1 aromatic carbocycles. The van der Waals surface area contributed by atoms with Crippen molar-refractivity contribution in [3.05, 3.63) is 35.4 Å². The van der Waals surface area contributed by atoms with Crippen LogP contribution in [0, 0.1) is 17.2 Å². The summed E-state index contributed by atoms with van der Waals surface area (Å²) in [5.74, 6) is 0.734. The van der Waals surface area contributed by atoms with Crippen molar-refractivity contribution in [2.24, 2.45) is 5.92 Å². The molecule has 1 saturated carbocycles. The highest BCUT2D eigenvalue weighted by molar-refractivity contribution is 5.50. The first kappa shape index (κ1) is 35.0. The van der Waals surface area contributed by atoms with E-state index in [1.54, 1.807) is 21.0 Å². The largest absolute Gasteiger partial charge is 0.379 e. The van der Waals surface area contributed by atoms with Gasteiger partial charge in [0.25, 0.3) is 0 Å². The van der Waals surface area contributed by atoms with Gasteiger partial charge in [-0.15, -0.1) is 0 Å². The van der Waals surface area contributed by atoms with Crippen LogP contribution < -0.4 is 0 Å². The van der Waals surface area contributed by atoms with Gasteiger partial charge in [-0.2, -0.15) is 5.26 Å². The maximum absolute atomic E-state index is 13.6. The number of hydrogen-bond acceptors (Lipinski definition) is 4. The zero-order chi connectivity index (χ0) is 28.6. The second kappa shape index (κ2) is 17.5. The van der Waals surface area contributed by atoms with Gasteiger partial charge in [0.2, 0.25) is 6.41 Å². The van der Waals surface area contributed by atoms with Crippen molar-refractivity contribution in [2.45, 2.75) is 130 Å². The highest BCUT2D eigenvalue weighted by Crippen LogP contribution is 2.41. The maximum Gasteiger partial charge on any atom is 0.212 e. The van der Waals surface area contributed by atoms with E-state index in [1.165, 1.54) is 10.5 Å². The van der Waals surface area contributed by atoms with Gasteiger partial charge in [-0.1, -0.05) is 64.8 Å². The van der Waals surface area contributed by atoms with Crippen molar-refractivity contribution in [2.75, 3.05) is 13.8 Å². The molecule has 0 N–H and O–H groups in total. The van der Waals surface area contributed by atoms with Gasteiger partial charge in [0.15, 0.2) is 0 Å². The molecule has 212 valence electrons. The lowest BCUT2D eigenvalue weighted by molar-refractivity contribution is -0.134. The maximum atomic E-state index is 13.6. The Morgan fingerprint density at radius 3 is 1.89 bits per heavy atom. The third kappa shape index (κ3) is 11.1. The second-order valence-electron chi connectivity index (χ2n) is 10.6. The van der Waals surface area contributed by atoms with Gasteiger partial charge in [-0.3, -0.25) is 4.79 Å². The van der Waals surface area contributed by atoms with E-state index >= 15 is 0 Å². The highest BCUT2D eigenvalue weighted by atomic mass is 19.1. The molecule has 3 rings (SSSR count). The predicted molar refractivity (Wildman–Crippen MR) is 151 cm³/mol. The SMILES string of the molecule is CC.CC.CC1(C)OC(c2ccc(C3CCCC(C#N)CCC3)cc2)C(CF)N1C=O.COC(C)(C)C. The Balaban J connectivity index is 0.00000112. The molecule has 0 spiro atoms. The molecule has 1 aromatic rings. The Labute approximate surface area is 226 Å². The van der Waals surface area contributed by atoms with Crippen LogP contribution in [0.1, 0.15) is 124 Å². The zero-order valence-corrected chi connectivity index (χ0v) is 25.1. The molecule has 6 heteroatoms. The first-order chi connectivity index (χ1) is 17.6. The van der Waals surface area contributed by atoms with E-state index in [2.05, 4.69) is 18.2 Å². The number of alkyl halides is 1. The van der Waals surface area contributed by atoms with Crippen LogP contribution in [0.15, 0.2) is 24.3 Å². The van der Waals surface area contributed by atoms with Crippen molar-refractivity contribution in [1.29, 1.82) is 5.26 Å². The summed E-state index contributed by atoms with van der Waals surface area (Å²) in [5, 5.41) is 9.13. The molecular formula is C31H53FN2O3. The van der Waals surface area contributed by atoms with Gasteiger partial charge in [0.05, 0.1) is 17.7 Å². The Hall–Kier alpha value is -1.97. The Morgan fingerprint density at radius 1 is 1.05 bits per heavy atom. The number of ether oxygens (including phenoxy) is 2. The summed E-state index contributed by atoms with van der Waals surface area (Å²) in [6.07, 6.45) is 6.61.